The lowest BCUT2D eigenvalue weighted by Crippen LogP contribution is -2.42. The molecule has 0 bridgehead atoms. The minimum Gasteiger partial charge on any atom is -0.391 e. The van der Waals surface area contributed by atoms with Crippen molar-refractivity contribution in [3.05, 3.63) is 24.0 Å². The SMILES string of the molecule is CC1CCN(c2ccc(C#N)nc2)CC1O. The molecular formula is C12H15N3O. The second-order valence-corrected chi connectivity index (χ2v) is 4.29. The molecule has 0 radical (unpaired) electrons. The third kappa shape index (κ3) is 2.15. The highest BCUT2D eigenvalue weighted by atomic mass is 16.3. The molecule has 4 heteroatoms. The number of aromatic nitrogens is 1. The summed E-state index contributed by atoms with van der Waals surface area (Å²) in [5.41, 5.74) is 1.40. The highest BCUT2D eigenvalue weighted by Crippen LogP contribution is 2.22. The van der Waals surface area contributed by atoms with Crippen LogP contribution < -0.4 is 4.90 Å². The number of β-amino-alcohol motifs (C(OH)–C–C–N with tert-alkyl or cyclic N) is 1. The Labute approximate surface area is 95.1 Å². The van der Waals surface area contributed by atoms with Crippen molar-refractivity contribution in [3.8, 4) is 6.07 Å². The van der Waals surface area contributed by atoms with E-state index >= 15 is 0 Å². The number of aliphatic hydroxyl groups excluding tert-OH is 1. The zero-order valence-electron chi connectivity index (χ0n) is 9.30. The minimum atomic E-state index is -0.274. The van der Waals surface area contributed by atoms with Crippen molar-refractivity contribution in [2.75, 3.05) is 18.0 Å². The molecule has 0 amide bonds. The number of hydrogen-bond acceptors (Lipinski definition) is 4. The summed E-state index contributed by atoms with van der Waals surface area (Å²) in [5.74, 6) is 0.364. The third-order valence-electron chi connectivity index (χ3n) is 3.15. The highest BCUT2D eigenvalue weighted by molar-refractivity contribution is 5.46. The Hall–Kier alpha value is -1.60. The van der Waals surface area contributed by atoms with Gasteiger partial charge in [-0.3, -0.25) is 0 Å². The van der Waals surface area contributed by atoms with Crippen LogP contribution in [0.2, 0.25) is 0 Å². The molecule has 0 aromatic carbocycles. The topological polar surface area (TPSA) is 60.2 Å². The molecule has 1 aromatic heterocycles. The number of nitrogens with zero attached hydrogens (tertiary/aromatic N) is 3. The van der Waals surface area contributed by atoms with Gasteiger partial charge in [-0.05, 0) is 24.5 Å². The molecule has 0 saturated carbocycles. The molecule has 0 aliphatic carbocycles. The Bertz CT molecular complexity index is 396. The molecule has 1 N–H and O–H groups in total. The van der Waals surface area contributed by atoms with Gasteiger partial charge in [0.1, 0.15) is 11.8 Å². The Morgan fingerprint density at radius 2 is 2.38 bits per heavy atom. The summed E-state index contributed by atoms with van der Waals surface area (Å²) < 4.78 is 0. The van der Waals surface area contributed by atoms with Crippen LogP contribution in [0.25, 0.3) is 0 Å². The van der Waals surface area contributed by atoms with E-state index in [1.165, 1.54) is 0 Å². The molecule has 1 aliphatic heterocycles. The van der Waals surface area contributed by atoms with Crippen LogP contribution in [-0.4, -0.2) is 29.3 Å². The first-order valence-electron chi connectivity index (χ1n) is 5.50. The number of hydrogen-bond donors (Lipinski definition) is 1. The Kier molecular flexibility index (Phi) is 3.07. The van der Waals surface area contributed by atoms with Gasteiger partial charge >= 0.3 is 0 Å². The molecule has 16 heavy (non-hydrogen) atoms. The molecule has 2 heterocycles. The lowest BCUT2D eigenvalue weighted by Gasteiger charge is -2.35. The summed E-state index contributed by atoms with van der Waals surface area (Å²) in [6.07, 6.45) is 2.41. The molecule has 2 rings (SSSR count). The van der Waals surface area contributed by atoms with Crippen LogP contribution in [0.4, 0.5) is 5.69 Å². The van der Waals surface area contributed by atoms with Gasteiger partial charge in [-0.1, -0.05) is 6.92 Å². The van der Waals surface area contributed by atoms with Crippen LogP contribution in [0, 0.1) is 17.2 Å². The molecule has 2 unspecified atom stereocenters. The Morgan fingerprint density at radius 1 is 1.56 bits per heavy atom. The van der Waals surface area contributed by atoms with Gasteiger partial charge in [-0.2, -0.15) is 5.26 Å². The summed E-state index contributed by atoms with van der Waals surface area (Å²) in [6, 6.07) is 5.59. The highest BCUT2D eigenvalue weighted by Gasteiger charge is 2.24. The van der Waals surface area contributed by atoms with E-state index in [1.54, 1.807) is 12.3 Å². The van der Waals surface area contributed by atoms with E-state index in [9.17, 15) is 5.11 Å². The van der Waals surface area contributed by atoms with E-state index in [0.29, 0.717) is 18.2 Å². The van der Waals surface area contributed by atoms with Crippen molar-refractivity contribution >= 4 is 5.69 Å². The van der Waals surface area contributed by atoms with E-state index in [-0.39, 0.29) is 6.10 Å². The zero-order valence-corrected chi connectivity index (χ0v) is 9.30. The van der Waals surface area contributed by atoms with Crippen LogP contribution in [0.1, 0.15) is 19.0 Å². The second kappa shape index (κ2) is 4.50. The van der Waals surface area contributed by atoms with Crippen LogP contribution >= 0.6 is 0 Å². The number of nitriles is 1. The van der Waals surface area contributed by atoms with Crippen molar-refractivity contribution in [2.45, 2.75) is 19.4 Å². The Morgan fingerprint density at radius 3 is 2.94 bits per heavy atom. The van der Waals surface area contributed by atoms with E-state index < -0.39 is 0 Å². The van der Waals surface area contributed by atoms with Gasteiger partial charge in [-0.25, -0.2) is 4.98 Å². The molecule has 1 aromatic rings. The maximum atomic E-state index is 9.80. The van der Waals surface area contributed by atoms with Gasteiger partial charge in [0.15, 0.2) is 0 Å². The zero-order chi connectivity index (χ0) is 11.5. The Balaban J connectivity index is 2.10. The quantitative estimate of drug-likeness (QED) is 0.766. The van der Waals surface area contributed by atoms with E-state index in [0.717, 1.165) is 18.7 Å². The van der Waals surface area contributed by atoms with Crippen LogP contribution in [0.15, 0.2) is 18.3 Å². The molecule has 1 fully saturated rings. The summed E-state index contributed by atoms with van der Waals surface area (Å²) in [5, 5.41) is 18.4. The van der Waals surface area contributed by atoms with Crippen molar-refractivity contribution in [1.29, 1.82) is 5.26 Å². The largest absolute Gasteiger partial charge is 0.391 e. The monoisotopic (exact) mass is 217 g/mol. The molecule has 2 atom stereocenters. The summed E-state index contributed by atoms with van der Waals surface area (Å²) >= 11 is 0. The average Bonchev–Trinajstić information content (AvgIpc) is 2.33. The normalized spacial score (nSPS) is 25.2. The number of piperidine rings is 1. The molecule has 4 nitrogen and oxygen atoms in total. The van der Waals surface area contributed by atoms with Gasteiger partial charge in [0, 0.05) is 13.1 Å². The van der Waals surface area contributed by atoms with E-state index in [1.807, 2.05) is 12.1 Å². The molecule has 1 aliphatic rings. The van der Waals surface area contributed by atoms with Crippen LogP contribution in [-0.2, 0) is 0 Å². The second-order valence-electron chi connectivity index (χ2n) is 4.29. The van der Waals surface area contributed by atoms with Crippen molar-refractivity contribution in [2.24, 2.45) is 5.92 Å². The fourth-order valence-electron chi connectivity index (χ4n) is 1.92. The van der Waals surface area contributed by atoms with Crippen LogP contribution in [0.5, 0.6) is 0 Å². The van der Waals surface area contributed by atoms with Gasteiger partial charge in [0.05, 0.1) is 18.0 Å². The number of aliphatic hydroxyl groups is 1. The maximum absolute atomic E-state index is 9.80. The van der Waals surface area contributed by atoms with E-state index in [2.05, 4.69) is 16.8 Å². The summed E-state index contributed by atoms with van der Waals surface area (Å²) in [7, 11) is 0. The predicted octanol–water partition coefficient (Wildman–Crippen LogP) is 1.16. The van der Waals surface area contributed by atoms with Crippen molar-refractivity contribution < 1.29 is 5.11 Å². The van der Waals surface area contributed by atoms with Gasteiger partial charge in [0.25, 0.3) is 0 Å². The lowest BCUT2D eigenvalue weighted by molar-refractivity contribution is 0.103. The third-order valence-corrected chi connectivity index (χ3v) is 3.15. The molecule has 0 spiro atoms. The first kappa shape index (κ1) is 10.9. The fraction of sp³-hybridized carbons (Fsp3) is 0.500. The number of anilines is 1. The number of pyridine rings is 1. The average molecular weight is 217 g/mol. The van der Waals surface area contributed by atoms with Gasteiger partial charge in [-0.15, -0.1) is 0 Å². The minimum absolute atomic E-state index is 0.274. The van der Waals surface area contributed by atoms with Gasteiger partial charge in [0.2, 0.25) is 0 Å². The van der Waals surface area contributed by atoms with Crippen molar-refractivity contribution in [1.82, 2.24) is 4.98 Å². The molecular weight excluding hydrogens is 202 g/mol. The van der Waals surface area contributed by atoms with Gasteiger partial charge < -0.3 is 10.0 Å². The van der Waals surface area contributed by atoms with Crippen molar-refractivity contribution in [3.63, 3.8) is 0 Å². The summed E-state index contributed by atoms with van der Waals surface area (Å²) in [6.45, 7) is 3.65. The first-order valence-corrected chi connectivity index (χ1v) is 5.50. The standard InChI is InChI=1S/C12H15N3O/c1-9-4-5-15(8-12(9)16)11-3-2-10(6-13)14-7-11/h2-3,7,9,12,16H,4-5,8H2,1H3. The molecule has 1 saturated heterocycles. The smallest absolute Gasteiger partial charge is 0.140 e. The predicted molar refractivity (Wildman–Crippen MR) is 61.0 cm³/mol. The maximum Gasteiger partial charge on any atom is 0.140 e. The summed E-state index contributed by atoms with van der Waals surface area (Å²) in [4.78, 5) is 6.14. The van der Waals surface area contributed by atoms with Crippen LogP contribution in [0.3, 0.4) is 0 Å². The van der Waals surface area contributed by atoms with E-state index in [4.69, 9.17) is 5.26 Å². The molecule has 84 valence electrons. The first-order chi connectivity index (χ1) is 7.70. The number of rotatable bonds is 1. The fourth-order valence-corrected chi connectivity index (χ4v) is 1.92. The lowest BCUT2D eigenvalue weighted by atomic mass is 9.96.